The van der Waals surface area contributed by atoms with Crippen molar-refractivity contribution in [3.05, 3.63) is 50.9 Å². The number of H-pyrrole nitrogens is 1. The normalized spacial score (nSPS) is 10.9. The third kappa shape index (κ3) is 2.11. The Morgan fingerprint density at radius 3 is 2.67 bits per heavy atom. The van der Waals surface area contributed by atoms with Crippen LogP contribution in [0.2, 0.25) is 0 Å². The highest BCUT2D eigenvalue weighted by atomic mass is 16.1. The number of nitrogens with zero attached hydrogens (tertiary/aromatic N) is 1. The largest absolute Gasteiger partial charge is 0.315 e. The number of aromatic amines is 1. The van der Waals surface area contributed by atoms with Gasteiger partial charge in [-0.25, -0.2) is 4.68 Å². The molecular formula is C14H19N3O. The molecule has 2 N–H and O–H groups in total. The van der Waals surface area contributed by atoms with Gasteiger partial charge in [-0.15, -0.1) is 0 Å². The van der Waals surface area contributed by atoms with Crippen molar-refractivity contribution in [2.75, 3.05) is 7.05 Å². The first kappa shape index (κ1) is 12.6. The predicted molar refractivity (Wildman–Crippen MR) is 73.4 cm³/mol. The summed E-state index contributed by atoms with van der Waals surface area (Å²) in [7, 11) is 1.84. The summed E-state index contributed by atoms with van der Waals surface area (Å²) >= 11 is 0. The minimum atomic E-state index is 0.0237. The molecule has 0 bridgehead atoms. The Labute approximate surface area is 107 Å². The maximum atomic E-state index is 12.3. The van der Waals surface area contributed by atoms with Crippen LogP contribution in [0.3, 0.4) is 0 Å². The van der Waals surface area contributed by atoms with Crippen molar-refractivity contribution < 1.29 is 0 Å². The first-order chi connectivity index (χ1) is 8.54. The molecule has 0 fully saturated rings. The minimum absolute atomic E-state index is 0.0237. The van der Waals surface area contributed by atoms with E-state index >= 15 is 0 Å². The van der Waals surface area contributed by atoms with E-state index in [2.05, 4.69) is 10.4 Å². The van der Waals surface area contributed by atoms with E-state index in [9.17, 15) is 4.79 Å². The molecule has 1 aromatic heterocycles. The Morgan fingerprint density at radius 1 is 1.28 bits per heavy atom. The fourth-order valence-corrected chi connectivity index (χ4v) is 2.10. The van der Waals surface area contributed by atoms with Crippen LogP contribution in [-0.4, -0.2) is 16.8 Å². The van der Waals surface area contributed by atoms with Gasteiger partial charge in [0.1, 0.15) is 0 Å². The number of rotatable bonds is 3. The molecule has 0 radical (unpaired) electrons. The highest BCUT2D eigenvalue weighted by Gasteiger charge is 2.12. The number of nitrogens with one attached hydrogen (secondary N) is 2. The van der Waals surface area contributed by atoms with Crippen molar-refractivity contribution in [2.45, 2.75) is 27.3 Å². The van der Waals surface area contributed by atoms with Gasteiger partial charge in [0.15, 0.2) is 0 Å². The van der Waals surface area contributed by atoms with Crippen LogP contribution in [0.25, 0.3) is 5.69 Å². The van der Waals surface area contributed by atoms with Crippen molar-refractivity contribution in [1.29, 1.82) is 0 Å². The molecule has 18 heavy (non-hydrogen) atoms. The summed E-state index contributed by atoms with van der Waals surface area (Å²) in [6, 6.07) is 6.11. The number of hydrogen-bond acceptors (Lipinski definition) is 2. The third-order valence-electron chi connectivity index (χ3n) is 3.15. The maximum Gasteiger partial charge on any atom is 0.275 e. The lowest BCUT2D eigenvalue weighted by Crippen LogP contribution is -2.21. The summed E-state index contributed by atoms with van der Waals surface area (Å²) in [4.78, 5) is 12.3. The van der Waals surface area contributed by atoms with Gasteiger partial charge in [0.05, 0.1) is 11.3 Å². The highest BCUT2D eigenvalue weighted by molar-refractivity contribution is 5.43. The first-order valence-electron chi connectivity index (χ1n) is 6.07. The molecule has 4 heteroatoms. The second-order valence-electron chi connectivity index (χ2n) is 4.68. The summed E-state index contributed by atoms with van der Waals surface area (Å²) in [6.07, 6.45) is 0. The van der Waals surface area contributed by atoms with Gasteiger partial charge in [0.25, 0.3) is 5.56 Å². The molecule has 0 spiro atoms. The summed E-state index contributed by atoms with van der Waals surface area (Å²) in [6.45, 7) is 6.54. The number of benzene rings is 1. The molecule has 0 amide bonds. The lowest BCUT2D eigenvalue weighted by molar-refractivity contribution is 0.800. The molecule has 0 saturated carbocycles. The quantitative estimate of drug-likeness (QED) is 0.866. The Bertz CT molecular complexity index is 622. The monoisotopic (exact) mass is 245 g/mol. The fraction of sp³-hybridized carbons (Fsp3) is 0.357. The van der Waals surface area contributed by atoms with E-state index in [-0.39, 0.29) is 5.56 Å². The standard InChI is InChI=1S/C14H19N3O/c1-9-5-6-10(2)13(7-9)17-14(18)12(8-15-4)11(3)16-17/h5-7,15-16H,8H2,1-4H3. The van der Waals surface area contributed by atoms with Crippen LogP contribution in [-0.2, 0) is 6.54 Å². The molecule has 96 valence electrons. The molecule has 1 heterocycles. The molecule has 2 rings (SSSR count). The Balaban J connectivity index is 2.61. The average molecular weight is 245 g/mol. The van der Waals surface area contributed by atoms with Gasteiger partial charge in [-0.05, 0) is 45.0 Å². The van der Waals surface area contributed by atoms with Gasteiger partial charge in [-0.3, -0.25) is 9.89 Å². The van der Waals surface area contributed by atoms with Gasteiger partial charge in [0.2, 0.25) is 0 Å². The Morgan fingerprint density at radius 2 is 2.00 bits per heavy atom. The van der Waals surface area contributed by atoms with Crippen molar-refractivity contribution in [3.8, 4) is 5.69 Å². The van der Waals surface area contributed by atoms with Crippen molar-refractivity contribution in [2.24, 2.45) is 0 Å². The zero-order valence-electron chi connectivity index (χ0n) is 11.3. The van der Waals surface area contributed by atoms with Gasteiger partial charge in [-0.2, -0.15) is 0 Å². The van der Waals surface area contributed by atoms with Gasteiger partial charge in [0, 0.05) is 12.2 Å². The van der Waals surface area contributed by atoms with Crippen LogP contribution >= 0.6 is 0 Å². The zero-order valence-corrected chi connectivity index (χ0v) is 11.3. The predicted octanol–water partition coefficient (Wildman–Crippen LogP) is 1.81. The van der Waals surface area contributed by atoms with Crippen molar-refractivity contribution in [1.82, 2.24) is 15.1 Å². The second kappa shape index (κ2) is 4.82. The molecule has 0 atom stereocenters. The molecular weight excluding hydrogens is 226 g/mol. The summed E-state index contributed by atoms with van der Waals surface area (Å²) in [5.41, 5.74) is 4.87. The molecule has 0 saturated heterocycles. The minimum Gasteiger partial charge on any atom is -0.315 e. The zero-order chi connectivity index (χ0) is 13.3. The molecule has 1 aromatic carbocycles. The topological polar surface area (TPSA) is 49.8 Å². The number of aryl methyl sites for hydroxylation is 3. The molecule has 0 unspecified atom stereocenters. The Hall–Kier alpha value is -1.81. The first-order valence-corrected chi connectivity index (χ1v) is 6.07. The SMILES string of the molecule is CNCc1c(C)[nH]n(-c2cc(C)ccc2C)c1=O. The van der Waals surface area contributed by atoms with E-state index in [0.717, 1.165) is 28.1 Å². The van der Waals surface area contributed by atoms with Crippen LogP contribution in [0.1, 0.15) is 22.4 Å². The maximum absolute atomic E-state index is 12.3. The van der Waals surface area contributed by atoms with Crippen LogP contribution < -0.4 is 10.9 Å². The van der Waals surface area contributed by atoms with E-state index < -0.39 is 0 Å². The second-order valence-corrected chi connectivity index (χ2v) is 4.68. The van der Waals surface area contributed by atoms with Crippen molar-refractivity contribution in [3.63, 3.8) is 0 Å². The summed E-state index contributed by atoms with van der Waals surface area (Å²) in [5, 5.41) is 6.17. The van der Waals surface area contributed by atoms with Gasteiger partial charge >= 0.3 is 0 Å². The lowest BCUT2D eigenvalue weighted by atomic mass is 10.1. The molecule has 0 aliphatic heterocycles. The van der Waals surface area contributed by atoms with E-state index in [0.29, 0.717) is 6.54 Å². The average Bonchev–Trinajstić information content (AvgIpc) is 2.61. The van der Waals surface area contributed by atoms with Crippen molar-refractivity contribution >= 4 is 0 Å². The molecule has 2 aromatic rings. The van der Waals surface area contributed by atoms with Crippen LogP contribution in [0.5, 0.6) is 0 Å². The van der Waals surface area contributed by atoms with Gasteiger partial charge in [-0.1, -0.05) is 12.1 Å². The van der Waals surface area contributed by atoms with Gasteiger partial charge < -0.3 is 5.32 Å². The number of hydrogen-bond donors (Lipinski definition) is 2. The summed E-state index contributed by atoms with van der Waals surface area (Å²) < 4.78 is 1.63. The van der Waals surface area contributed by atoms with E-state index in [1.54, 1.807) is 4.68 Å². The fourth-order valence-electron chi connectivity index (χ4n) is 2.10. The van der Waals surface area contributed by atoms with E-state index in [4.69, 9.17) is 0 Å². The van der Waals surface area contributed by atoms with E-state index in [1.165, 1.54) is 0 Å². The van der Waals surface area contributed by atoms with Crippen LogP contribution in [0.4, 0.5) is 0 Å². The Kier molecular flexibility index (Phi) is 3.39. The molecule has 4 nitrogen and oxygen atoms in total. The number of aromatic nitrogens is 2. The smallest absolute Gasteiger partial charge is 0.275 e. The molecule has 0 aliphatic rings. The van der Waals surface area contributed by atoms with Crippen LogP contribution in [0, 0.1) is 20.8 Å². The highest BCUT2D eigenvalue weighted by Crippen LogP contribution is 2.14. The van der Waals surface area contributed by atoms with Crippen LogP contribution in [0.15, 0.2) is 23.0 Å². The van der Waals surface area contributed by atoms with E-state index in [1.807, 2.05) is 46.0 Å². The lowest BCUT2D eigenvalue weighted by Gasteiger charge is -2.07. The summed E-state index contributed by atoms with van der Waals surface area (Å²) in [5.74, 6) is 0. The molecule has 0 aliphatic carbocycles. The third-order valence-corrected chi connectivity index (χ3v) is 3.15.